The Morgan fingerprint density at radius 3 is 1.68 bits per heavy atom. The van der Waals surface area contributed by atoms with Crippen molar-refractivity contribution >= 4 is 17.0 Å². The normalized spacial score (nSPS) is 9.86. The molecule has 0 aliphatic heterocycles. The third kappa shape index (κ3) is 14.5. The van der Waals surface area contributed by atoms with E-state index in [1.165, 1.54) is 82.7 Å². The average molecular weight is 373 g/mol. The van der Waals surface area contributed by atoms with Gasteiger partial charge in [0, 0.05) is 11.9 Å². The zero-order chi connectivity index (χ0) is 14.3. The monoisotopic (exact) mass is 372 g/mol. The van der Waals surface area contributed by atoms with Gasteiger partial charge in [0.05, 0.1) is 0 Å². The third-order valence-corrected chi connectivity index (χ3v) is 4.01. The fraction of sp³-hybridized carbons (Fsp3) is 0.737. The van der Waals surface area contributed by atoms with Gasteiger partial charge in [-0.2, -0.15) is 0 Å². The number of hydrogen-bond acceptors (Lipinski definition) is 2. The molecule has 0 saturated carbocycles. The molecule has 22 heavy (non-hydrogen) atoms. The molecule has 1 rings (SSSR count). The molecule has 0 aliphatic carbocycles. The van der Waals surface area contributed by atoms with Crippen molar-refractivity contribution in [3.05, 3.63) is 30.1 Å². The Balaban J connectivity index is 0. The first-order valence-electron chi connectivity index (χ1n) is 8.83. The van der Waals surface area contributed by atoms with Crippen molar-refractivity contribution in [2.45, 2.75) is 90.4 Å². The molecular formula is C19H37BrN2. The van der Waals surface area contributed by atoms with Crippen LogP contribution < -0.4 is 6.15 Å². The van der Waals surface area contributed by atoms with Crippen LogP contribution in [0, 0.1) is 0 Å². The summed E-state index contributed by atoms with van der Waals surface area (Å²) in [4.78, 5) is 4.37. The molecule has 0 spiro atoms. The second kappa shape index (κ2) is 18.6. The Hall–Kier alpha value is -0.410. The molecule has 1 aromatic heterocycles. The van der Waals surface area contributed by atoms with Crippen LogP contribution in [0.3, 0.4) is 0 Å². The van der Waals surface area contributed by atoms with Crippen molar-refractivity contribution in [3.8, 4) is 0 Å². The van der Waals surface area contributed by atoms with E-state index in [2.05, 4.69) is 24.0 Å². The number of halogens is 1. The van der Waals surface area contributed by atoms with E-state index in [-0.39, 0.29) is 23.1 Å². The summed E-state index contributed by atoms with van der Waals surface area (Å²) >= 11 is 0. The van der Waals surface area contributed by atoms with Crippen LogP contribution in [0.25, 0.3) is 0 Å². The first-order chi connectivity index (χ1) is 9.93. The highest BCUT2D eigenvalue weighted by Gasteiger charge is 1.95. The molecular weight excluding hydrogens is 336 g/mol. The molecule has 2 nitrogen and oxygen atoms in total. The molecule has 0 aliphatic rings. The van der Waals surface area contributed by atoms with Crippen LogP contribution in [0.2, 0.25) is 0 Å². The molecule has 0 aromatic carbocycles. The molecule has 1 heterocycles. The van der Waals surface area contributed by atoms with Crippen molar-refractivity contribution in [2.24, 2.45) is 0 Å². The standard InChI is InChI=1S/C19H33N.BrH.H3N/c1-2-3-4-5-6-7-8-9-10-11-12-13-16-19-17-14-15-18-20-19;;/h14-15,17-18H,2-13,16H2,1H3;1H;1H3. The second-order valence-electron chi connectivity index (χ2n) is 5.96. The SMILES string of the molecule is Br.CCCCCCCCCCCCCCc1ccccn1.N. The Morgan fingerprint density at radius 2 is 1.23 bits per heavy atom. The van der Waals surface area contributed by atoms with Gasteiger partial charge in [-0.15, -0.1) is 17.0 Å². The predicted octanol–water partition coefficient (Wildman–Crippen LogP) is 7.07. The summed E-state index contributed by atoms with van der Waals surface area (Å²) in [5.41, 5.74) is 1.25. The van der Waals surface area contributed by atoms with Crippen LogP contribution in [0.1, 0.15) is 89.7 Å². The average Bonchev–Trinajstić information content (AvgIpc) is 2.49. The van der Waals surface area contributed by atoms with Gasteiger partial charge in [-0.3, -0.25) is 4.98 Å². The van der Waals surface area contributed by atoms with Crippen LogP contribution in [-0.4, -0.2) is 4.98 Å². The van der Waals surface area contributed by atoms with E-state index in [0.717, 1.165) is 6.42 Å². The highest BCUT2D eigenvalue weighted by atomic mass is 79.9. The summed E-state index contributed by atoms with van der Waals surface area (Å²) in [5.74, 6) is 0. The van der Waals surface area contributed by atoms with Gasteiger partial charge in [-0.05, 0) is 25.0 Å². The van der Waals surface area contributed by atoms with Crippen LogP contribution in [0.4, 0.5) is 0 Å². The maximum Gasteiger partial charge on any atom is 0.0403 e. The lowest BCUT2D eigenvalue weighted by Gasteiger charge is -2.03. The zero-order valence-corrected chi connectivity index (χ0v) is 16.3. The first kappa shape index (κ1) is 23.9. The number of aryl methyl sites for hydroxylation is 1. The van der Waals surface area contributed by atoms with Gasteiger partial charge >= 0.3 is 0 Å². The van der Waals surface area contributed by atoms with Gasteiger partial charge in [-0.25, -0.2) is 0 Å². The molecule has 0 bridgehead atoms. The van der Waals surface area contributed by atoms with E-state index < -0.39 is 0 Å². The Labute approximate surface area is 148 Å². The molecule has 0 saturated heterocycles. The molecule has 0 radical (unpaired) electrons. The minimum absolute atomic E-state index is 0. The third-order valence-electron chi connectivity index (χ3n) is 4.01. The number of unbranched alkanes of at least 4 members (excludes halogenated alkanes) is 11. The lowest BCUT2D eigenvalue weighted by molar-refractivity contribution is 0.543. The minimum Gasteiger partial charge on any atom is -0.344 e. The first-order valence-corrected chi connectivity index (χ1v) is 8.83. The number of rotatable bonds is 13. The van der Waals surface area contributed by atoms with Crippen LogP contribution in [-0.2, 0) is 6.42 Å². The van der Waals surface area contributed by atoms with E-state index >= 15 is 0 Å². The van der Waals surface area contributed by atoms with Crippen LogP contribution >= 0.6 is 17.0 Å². The quantitative estimate of drug-likeness (QED) is 0.376. The molecule has 1 aromatic rings. The molecule has 130 valence electrons. The summed E-state index contributed by atoms with van der Waals surface area (Å²) in [7, 11) is 0. The Bertz CT molecular complexity index is 304. The van der Waals surface area contributed by atoms with Crippen LogP contribution in [0.15, 0.2) is 24.4 Å². The van der Waals surface area contributed by atoms with E-state index in [1.54, 1.807) is 0 Å². The van der Waals surface area contributed by atoms with E-state index in [1.807, 2.05) is 12.3 Å². The predicted molar refractivity (Wildman–Crippen MR) is 104 cm³/mol. The Morgan fingerprint density at radius 1 is 0.727 bits per heavy atom. The van der Waals surface area contributed by atoms with Crippen molar-refractivity contribution in [3.63, 3.8) is 0 Å². The summed E-state index contributed by atoms with van der Waals surface area (Å²) in [5, 5.41) is 0. The lowest BCUT2D eigenvalue weighted by Crippen LogP contribution is -1.89. The molecule has 0 atom stereocenters. The highest BCUT2D eigenvalue weighted by molar-refractivity contribution is 8.93. The number of pyridine rings is 1. The van der Waals surface area contributed by atoms with Gasteiger partial charge < -0.3 is 6.15 Å². The highest BCUT2D eigenvalue weighted by Crippen LogP contribution is 2.12. The molecule has 3 N–H and O–H groups in total. The van der Waals surface area contributed by atoms with Crippen molar-refractivity contribution in [1.29, 1.82) is 0 Å². The second-order valence-corrected chi connectivity index (χ2v) is 5.96. The maximum absolute atomic E-state index is 4.37. The smallest absolute Gasteiger partial charge is 0.0403 e. The molecule has 0 amide bonds. The van der Waals surface area contributed by atoms with E-state index in [0.29, 0.717) is 0 Å². The van der Waals surface area contributed by atoms with Crippen molar-refractivity contribution < 1.29 is 0 Å². The number of hydrogen-bond donors (Lipinski definition) is 1. The van der Waals surface area contributed by atoms with E-state index in [4.69, 9.17) is 0 Å². The zero-order valence-electron chi connectivity index (χ0n) is 14.6. The van der Waals surface area contributed by atoms with Gasteiger partial charge in [0.25, 0.3) is 0 Å². The number of nitrogens with zero attached hydrogens (tertiary/aromatic N) is 1. The van der Waals surface area contributed by atoms with Gasteiger partial charge in [0.2, 0.25) is 0 Å². The summed E-state index contributed by atoms with van der Waals surface area (Å²) in [6.45, 7) is 2.29. The molecule has 0 unspecified atom stereocenters. The van der Waals surface area contributed by atoms with Crippen molar-refractivity contribution in [1.82, 2.24) is 11.1 Å². The lowest BCUT2D eigenvalue weighted by atomic mass is 10.0. The van der Waals surface area contributed by atoms with Crippen LogP contribution in [0.5, 0.6) is 0 Å². The van der Waals surface area contributed by atoms with Gasteiger partial charge in [0.1, 0.15) is 0 Å². The summed E-state index contributed by atoms with van der Waals surface area (Å²) in [6, 6.07) is 6.22. The largest absolute Gasteiger partial charge is 0.344 e. The minimum atomic E-state index is 0. The Kier molecular flexibility index (Phi) is 20.2. The summed E-state index contributed by atoms with van der Waals surface area (Å²) in [6.07, 6.45) is 20.0. The summed E-state index contributed by atoms with van der Waals surface area (Å²) < 4.78 is 0. The molecule has 0 fully saturated rings. The molecule has 3 heteroatoms. The number of aromatic nitrogens is 1. The van der Waals surface area contributed by atoms with Gasteiger partial charge in [-0.1, -0.05) is 83.6 Å². The fourth-order valence-electron chi connectivity index (χ4n) is 2.69. The van der Waals surface area contributed by atoms with Crippen molar-refractivity contribution in [2.75, 3.05) is 0 Å². The fourth-order valence-corrected chi connectivity index (χ4v) is 2.69. The van der Waals surface area contributed by atoms with E-state index in [9.17, 15) is 0 Å². The van der Waals surface area contributed by atoms with Gasteiger partial charge in [0.15, 0.2) is 0 Å². The topological polar surface area (TPSA) is 47.9 Å². The maximum atomic E-state index is 4.37.